The van der Waals surface area contributed by atoms with E-state index in [1.807, 2.05) is 30.5 Å². The molecular weight excluding hydrogens is 521 g/mol. The standard InChI is InChI=1S/C29H33BClNO5S/c1-16(2)21-13-22-27(29(35)32(28(22)34)15-20-5-4-10-38-20)23-14-30(36)37-25(26(21)23)9-6-17(3)11-18-7-8-19(33)12-24(18)31/h4-5,7-8,10-12,16,22-23,25,27,33,36H,6,9,13-15H2,1-3H3/b17-11+/t22-,23+,25-,27-/m1/s1. The van der Waals surface area contributed by atoms with Crippen molar-refractivity contribution in [3.05, 3.63) is 67.9 Å². The van der Waals surface area contributed by atoms with Gasteiger partial charge >= 0.3 is 7.12 Å². The Bertz CT molecular complexity index is 1290. The number of imide groups is 1. The molecule has 2 saturated heterocycles. The van der Waals surface area contributed by atoms with Crippen molar-refractivity contribution in [2.75, 3.05) is 0 Å². The van der Waals surface area contributed by atoms with Crippen LogP contribution in [-0.4, -0.2) is 40.1 Å². The molecule has 0 spiro atoms. The first-order valence-electron chi connectivity index (χ1n) is 13.2. The Morgan fingerprint density at radius 2 is 2.05 bits per heavy atom. The van der Waals surface area contributed by atoms with Crippen LogP contribution in [0.25, 0.3) is 6.08 Å². The van der Waals surface area contributed by atoms with Gasteiger partial charge in [-0.1, -0.05) is 48.7 Å². The zero-order valence-electron chi connectivity index (χ0n) is 21.9. The Hall–Kier alpha value is -2.39. The average Bonchev–Trinajstić information content (AvgIpc) is 3.46. The van der Waals surface area contributed by atoms with Crippen LogP contribution >= 0.6 is 22.9 Å². The van der Waals surface area contributed by atoms with Crippen molar-refractivity contribution in [1.29, 1.82) is 0 Å². The normalized spacial score (nSPS) is 25.9. The summed E-state index contributed by atoms with van der Waals surface area (Å²) < 4.78 is 6.10. The predicted octanol–water partition coefficient (Wildman–Crippen LogP) is 5.94. The van der Waals surface area contributed by atoms with Crippen LogP contribution in [0, 0.1) is 23.7 Å². The van der Waals surface area contributed by atoms with Gasteiger partial charge in [-0.15, -0.1) is 11.3 Å². The summed E-state index contributed by atoms with van der Waals surface area (Å²) in [6.45, 7) is 6.60. The molecule has 200 valence electrons. The van der Waals surface area contributed by atoms with E-state index in [-0.39, 0.29) is 41.4 Å². The second kappa shape index (κ2) is 11.0. The summed E-state index contributed by atoms with van der Waals surface area (Å²) in [7, 11) is -0.981. The van der Waals surface area contributed by atoms with Gasteiger partial charge in [0.05, 0.1) is 29.5 Å². The van der Waals surface area contributed by atoms with E-state index in [4.69, 9.17) is 16.3 Å². The lowest BCUT2D eigenvalue weighted by Gasteiger charge is -2.44. The number of carbonyl (C=O) groups is 2. The van der Waals surface area contributed by atoms with Crippen molar-refractivity contribution >= 4 is 47.9 Å². The molecule has 2 N–H and O–H groups in total. The number of halogens is 1. The number of carbonyl (C=O) groups excluding carboxylic acids is 2. The van der Waals surface area contributed by atoms with Crippen LogP contribution in [0.3, 0.4) is 0 Å². The summed E-state index contributed by atoms with van der Waals surface area (Å²) in [5.74, 6) is -0.918. The molecule has 0 saturated carbocycles. The van der Waals surface area contributed by atoms with E-state index in [1.54, 1.807) is 23.5 Å². The van der Waals surface area contributed by atoms with Gasteiger partial charge in [-0.3, -0.25) is 14.5 Å². The largest absolute Gasteiger partial charge is 0.508 e. The molecule has 0 bridgehead atoms. The Morgan fingerprint density at radius 3 is 2.74 bits per heavy atom. The third-order valence-electron chi connectivity index (χ3n) is 8.11. The Balaban J connectivity index is 1.40. The van der Waals surface area contributed by atoms with Crippen molar-refractivity contribution in [2.24, 2.45) is 23.7 Å². The molecular formula is C29H33BClNO5S. The number of thiophene rings is 1. The van der Waals surface area contributed by atoms with Gasteiger partial charge in [-0.2, -0.15) is 0 Å². The fourth-order valence-electron chi connectivity index (χ4n) is 6.36. The summed E-state index contributed by atoms with van der Waals surface area (Å²) in [4.78, 5) is 29.6. The van der Waals surface area contributed by atoms with E-state index >= 15 is 0 Å². The van der Waals surface area contributed by atoms with Gasteiger partial charge in [-0.05, 0) is 85.1 Å². The van der Waals surface area contributed by atoms with Gasteiger partial charge < -0.3 is 14.8 Å². The highest BCUT2D eigenvalue weighted by molar-refractivity contribution is 7.09. The van der Waals surface area contributed by atoms with Crippen molar-refractivity contribution in [2.45, 2.75) is 59.0 Å². The summed E-state index contributed by atoms with van der Waals surface area (Å²) >= 11 is 7.83. The first kappa shape index (κ1) is 27.2. The summed E-state index contributed by atoms with van der Waals surface area (Å²) in [5, 5.41) is 22.8. The number of hydrogen-bond donors (Lipinski definition) is 2. The molecule has 0 unspecified atom stereocenters. The van der Waals surface area contributed by atoms with Gasteiger partial charge in [-0.25, -0.2) is 0 Å². The van der Waals surface area contributed by atoms with E-state index in [0.717, 1.165) is 21.6 Å². The summed E-state index contributed by atoms with van der Waals surface area (Å²) in [6, 6.07) is 8.79. The number of phenols is 1. The Kier molecular flexibility index (Phi) is 7.88. The zero-order valence-corrected chi connectivity index (χ0v) is 23.5. The Labute approximate surface area is 233 Å². The van der Waals surface area contributed by atoms with Gasteiger partial charge in [0, 0.05) is 4.88 Å². The SMILES string of the molecule is C/C(=C\c1ccc(O)cc1Cl)CC[C@H]1OB(O)C[C@H]2C1=C(C(C)C)C[C@H]1C(=O)N(Cc3cccs3)C(=O)[C@H]12. The minimum atomic E-state index is -0.981. The van der Waals surface area contributed by atoms with Crippen molar-refractivity contribution in [1.82, 2.24) is 4.90 Å². The van der Waals surface area contributed by atoms with E-state index in [9.17, 15) is 19.7 Å². The molecule has 38 heavy (non-hydrogen) atoms. The maximum atomic E-state index is 13.7. The molecule has 3 aliphatic rings. The number of nitrogens with zero attached hydrogens (tertiary/aromatic N) is 1. The minimum absolute atomic E-state index is 0.0901. The van der Waals surface area contributed by atoms with Gasteiger partial charge in [0.15, 0.2) is 0 Å². The zero-order chi connectivity index (χ0) is 27.1. The second-order valence-corrected chi connectivity index (χ2v) is 12.4. The van der Waals surface area contributed by atoms with Crippen molar-refractivity contribution in [3.8, 4) is 5.75 Å². The van der Waals surface area contributed by atoms with Crippen LogP contribution in [0.2, 0.25) is 11.3 Å². The molecule has 2 aliphatic heterocycles. The van der Waals surface area contributed by atoms with Crippen molar-refractivity contribution < 1.29 is 24.4 Å². The predicted molar refractivity (Wildman–Crippen MR) is 150 cm³/mol. The third-order valence-corrected chi connectivity index (χ3v) is 9.30. The second-order valence-electron chi connectivity index (χ2n) is 11.0. The molecule has 2 aromatic rings. The molecule has 0 radical (unpaired) electrons. The first-order valence-corrected chi connectivity index (χ1v) is 14.5. The summed E-state index contributed by atoms with van der Waals surface area (Å²) in [5.41, 5.74) is 4.22. The van der Waals surface area contributed by atoms with Crippen LogP contribution < -0.4 is 0 Å². The molecule has 3 heterocycles. The lowest BCUT2D eigenvalue weighted by molar-refractivity contribution is -0.140. The maximum absolute atomic E-state index is 13.7. The number of allylic oxidation sites excluding steroid dienone is 2. The van der Waals surface area contributed by atoms with E-state index < -0.39 is 13.0 Å². The molecule has 2 amide bonds. The van der Waals surface area contributed by atoms with Crippen LogP contribution in [0.15, 0.2) is 52.4 Å². The minimum Gasteiger partial charge on any atom is -0.508 e. The smallest absolute Gasteiger partial charge is 0.455 e. The number of hydrogen-bond acceptors (Lipinski definition) is 6. The third kappa shape index (κ3) is 5.24. The molecule has 5 rings (SSSR count). The molecule has 9 heteroatoms. The molecule has 1 aliphatic carbocycles. The highest BCUT2D eigenvalue weighted by Crippen LogP contribution is 2.52. The van der Waals surface area contributed by atoms with E-state index in [2.05, 4.69) is 13.8 Å². The maximum Gasteiger partial charge on any atom is 0.455 e. The highest BCUT2D eigenvalue weighted by Gasteiger charge is 2.57. The van der Waals surface area contributed by atoms with Gasteiger partial charge in [0.25, 0.3) is 0 Å². The molecule has 1 aromatic carbocycles. The number of fused-ring (bicyclic) bond motifs is 3. The molecule has 1 aromatic heterocycles. The fourth-order valence-corrected chi connectivity index (χ4v) is 7.28. The number of aromatic hydroxyl groups is 1. The molecule has 6 nitrogen and oxygen atoms in total. The number of amides is 2. The van der Waals surface area contributed by atoms with Crippen LogP contribution in [0.5, 0.6) is 5.75 Å². The Morgan fingerprint density at radius 1 is 1.26 bits per heavy atom. The number of phenolic OH excluding ortho intramolecular Hbond substituents is 1. The van der Waals surface area contributed by atoms with Crippen molar-refractivity contribution in [3.63, 3.8) is 0 Å². The number of rotatable bonds is 7. The highest BCUT2D eigenvalue weighted by atomic mass is 35.5. The van der Waals surface area contributed by atoms with E-state index in [0.29, 0.717) is 37.2 Å². The molecule has 4 atom stereocenters. The fraction of sp³-hybridized carbons (Fsp3) is 0.448. The lowest BCUT2D eigenvalue weighted by Crippen LogP contribution is -2.46. The van der Waals surface area contributed by atoms with Gasteiger partial charge in [0.2, 0.25) is 11.8 Å². The monoisotopic (exact) mass is 553 g/mol. The van der Waals surface area contributed by atoms with Crippen LogP contribution in [0.1, 0.15) is 50.5 Å². The van der Waals surface area contributed by atoms with E-state index in [1.165, 1.54) is 16.5 Å². The molecule has 2 fully saturated rings. The van der Waals surface area contributed by atoms with Crippen LogP contribution in [0.4, 0.5) is 0 Å². The van der Waals surface area contributed by atoms with Crippen LogP contribution in [-0.2, 0) is 20.8 Å². The quantitative estimate of drug-likeness (QED) is 0.252. The number of likely N-dealkylation sites (tertiary alicyclic amines) is 1. The summed E-state index contributed by atoms with van der Waals surface area (Å²) in [6.07, 6.45) is 3.92. The number of benzene rings is 1. The average molecular weight is 554 g/mol. The first-order chi connectivity index (χ1) is 18.1. The van der Waals surface area contributed by atoms with Gasteiger partial charge in [0.1, 0.15) is 5.75 Å². The lowest BCUT2D eigenvalue weighted by atomic mass is 9.57. The topological polar surface area (TPSA) is 87.1 Å².